The Morgan fingerprint density at radius 2 is 2.26 bits per heavy atom. The quantitative estimate of drug-likeness (QED) is 0.871. The molecule has 0 bridgehead atoms. The largest absolute Gasteiger partial charge is 0.392 e. The lowest BCUT2D eigenvalue weighted by molar-refractivity contribution is 0.192. The van der Waals surface area contributed by atoms with Crippen LogP contribution in [-0.4, -0.2) is 32.8 Å². The van der Waals surface area contributed by atoms with Crippen molar-refractivity contribution in [1.82, 2.24) is 4.72 Å². The number of halogens is 2. The molecule has 0 aliphatic carbocycles. The van der Waals surface area contributed by atoms with Crippen molar-refractivity contribution in [2.75, 3.05) is 13.2 Å². The highest BCUT2D eigenvalue weighted by Crippen LogP contribution is 2.24. The molecule has 19 heavy (non-hydrogen) atoms. The first kappa shape index (κ1) is 14.7. The lowest BCUT2D eigenvalue weighted by Crippen LogP contribution is -2.35. The van der Waals surface area contributed by atoms with E-state index in [-0.39, 0.29) is 23.2 Å². The molecule has 1 atom stereocenters. The van der Waals surface area contributed by atoms with Crippen LogP contribution in [0.1, 0.15) is 12.0 Å². The lowest BCUT2D eigenvalue weighted by Gasteiger charge is -2.13. The number of aliphatic hydroxyl groups excluding tert-OH is 1. The van der Waals surface area contributed by atoms with Gasteiger partial charge in [0.2, 0.25) is 10.0 Å². The second-order valence-electron chi connectivity index (χ2n) is 4.22. The molecule has 5 nitrogen and oxygen atoms in total. The van der Waals surface area contributed by atoms with Gasteiger partial charge < -0.3 is 9.84 Å². The van der Waals surface area contributed by atoms with Gasteiger partial charge in [-0.3, -0.25) is 0 Å². The van der Waals surface area contributed by atoms with E-state index in [1.165, 1.54) is 6.07 Å². The van der Waals surface area contributed by atoms with Crippen LogP contribution in [0.15, 0.2) is 17.0 Å². The van der Waals surface area contributed by atoms with E-state index in [2.05, 4.69) is 4.72 Å². The second kappa shape index (κ2) is 5.72. The van der Waals surface area contributed by atoms with Crippen LogP contribution < -0.4 is 4.72 Å². The van der Waals surface area contributed by atoms with Crippen molar-refractivity contribution in [3.8, 4) is 0 Å². The molecule has 1 heterocycles. The first-order chi connectivity index (χ1) is 8.94. The molecule has 0 aromatic heterocycles. The van der Waals surface area contributed by atoms with Crippen LogP contribution in [0.5, 0.6) is 0 Å². The van der Waals surface area contributed by atoms with E-state index in [0.717, 1.165) is 6.07 Å². The normalized spacial score (nSPS) is 19.8. The molecular formula is C11H13ClFNO4S. The minimum absolute atomic E-state index is 0.0495. The maximum absolute atomic E-state index is 14.0. The van der Waals surface area contributed by atoms with Crippen molar-refractivity contribution in [3.63, 3.8) is 0 Å². The van der Waals surface area contributed by atoms with Crippen LogP contribution in [0.4, 0.5) is 4.39 Å². The Hall–Kier alpha value is -0.730. The van der Waals surface area contributed by atoms with E-state index in [0.29, 0.717) is 13.0 Å². The molecule has 1 saturated heterocycles. The van der Waals surface area contributed by atoms with Crippen LogP contribution in [0, 0.1) is 5.82 Å². The topological polar surface area (TPSA) is 75.6 Å². The van der Waals surface area contributed by atoms with E-state index < -0.39 is 27.3 Å². The Morgan fingerprint density at radius 3 is 2.84 bits per heavy atom. The van der Waals surface area contributed by atoms with Gasteiger partial charge in [0.05, 0.1) is 13.2 Å². The summed E-state index contributed by atoms with van der Waals surface area (Å²) in [4.78, 5) is -0.559. The fraction of sp³-hybridized carbons (Fsp3) is 0.455. The molecule has 1 aliphatic rings. The minimum Gasteiger partial charge on any atom is -0.392 e. The molecule has 0 spiro atoms. The summed E-state index contributed by atoms with van der Waals surface area (Å²) >= 11 is 5.73. The number of benzene rings is 1. The van der Waals surface area contributed by atoms with Gasteiger partial charge in [-0.25, -0.2) is 17.5 Å². The predicted molar refractivity (Wildman–Crippen MR) is 66.9 cm³/mol. The van der Waals surface area contributed by atoms with Gasteiger partial charge >= 0.3 is 0 Å². The maximum Gasteiger partial charge on any atom is 0.243 e. The van der Waals surface area contributed by atoms with Crippen LogP contribution in [0.2, 0.25) is 5.02 Å². The van der Waals surface area contributed by atoms with E-state index in [4.69, 9.17) is 21.4 Å². The molecular weight excluding hydrogens is 297 g/mol. The Bertz CT molecular complexity index is 572. The highest BCUT2D eigenvalue weighted by molar-refractivity contribution is 7.89. The summed E-state index contributed by atoms with van der Waals surface area (Å²) in [5.41, 5.74) is -0.157. The average Bonchev–Trinajstić information content (AvgIpc) is 2.83. The van der Waals surface area contributed by atoms with Gasteiger partial charge in [0.25, 0.3) is 0 Å². The average molecular weight is 310 g/mol. The lowest BCUT2D eigenvalue weighted by atomic mass is 10.2. The predicted octanol–water partition coefficient (Wildman–Crippen LogP) is 1.04. The summed E-state index contributed by atoms with van der Waals surface area (Å²) in [6.45, 7) is 0.100. The maximum atomic E-state index is 14.0. The van der Waals surface area contributed by atoms with Crippen molar-refractivity contribution in [2.45, 2.75) is 24.0 Å². The fourth-order valence-electron chi connectivity index (χ4n) is 1.84. The Kier molecular flexibility index (Phi) is 4.42. The summed E-state index contributed by atoms with van der Waals surface area (Å²) in [6.07, 6.45) is 0.536. The van der Waals surface area contributed by atoms with Crippen LogP contribution in [0.3, 0.4) is 0 Å². The van der Waals surface area contributed by atoms with Crippen molar-refractivity contribution >= 4 is 21.6 Å². The number of aliphatic hydroxyl groups is 1. The van der Waals surface area contributed by atoms with Crippen molar-refractivity contribution in [3.05, 3.63) is 28.5 Å². The van der Waals surface area contributed by atoms with Gasteiger partial charge in [-0.1, -0.05) is 11.6 Å². The highest BCUT2D eigenvalue weighted by Gasteiger charge is 2.27. The van der Waals surface area contributed by atoms with Gasteiger partial charge in [0.1, 0.15) is 10.7 Å². The Labute approximate surface area is 115 Å². The SMILES string of the molecule is O=S(=O)(NC1CCOC1)c1cc(Cl)cc(CO)c1F. The summed E-state index contributed by atoms with van der Waals surface area (Å²) in [6, 6.07) is 1.84. The molecule has 1 fully saturated rings. The summed E-state index contributed by atoms with van der Waals surface area (Å²) in [7, 11) is -4.03. The van der Waals surface area contributed by atoms with E-state index in [1.807, 2.05) is 0 Å². The van der Waals surface area contributed by atoms with Crippen LogP contribution in [-0.2, 0) is 21.4 Å². The molecule has 0 saturated carbocycles. The monoisotopic (exact) mass is 309 g/mol. The van der Waals surface area contributed by atoms with Gasteiger partial charge in [-0.05, 0) is 18.6 Å². The molecule has 2 rings (SSSR count). The van der Waals surface area contributed by atoms with Gasteiger partial charge in [-0.2, -0.15) is 0 Å². The number of ether oxygens (including phenoxy) is 1. The van der Waals surface area contributed by atoms with Crippen LogP contribution >= 0.6 is 11.6 Å². The minimum atomic E-state index is -4.03. The molecule has 106 valence electrons. The van der Waals surface area contributed by atoms with Crippen molar-refractivity contribution < 1.29 is 22.7 Å². The molecule has 0 radical (unpaired) electrons. The first-order valence-electron chi connectivity index (χ1n) is 5.63. The Morgan fingerprint density at radius 1 is 1.53 bits per heavy atom. The van der Waals surface area contributed by atoms with Gasteiger partial charge in [-0.15, -0.1) is 0 Å². The molecule has 8 heteroatoms. The fourth-order valence-corrected chi connectivity index (χ4v) is 3.55. The number of sulfonamides is 1. The van der Waals surface area contributed by atoms with E-state index in [1.54, 1.807) is 0 Å². The molecule has 1 aromatic rings. The van der Waals surface area contributed by atoms with E-state index >= 15 is 0 Å². The molecule has 1 aromatic carbocycles. The zero-order chi connectivity index (χ0) is 14.0. The molecule has 0 amide bonds. The zero-order valence-electron chi connectivity index (χ0n) is 9.90. The first-order valence-corrected chi connectivity index (χ1v) is 7.49. The van der Waals surface area contributed by atoms with E-state index in [9.17, 15) is 12.8 Å². The van der Waals surface area contributed by atoms with Gasteiger partial charge in [0, 0.05) is 23.2 Å². The third-order valence-corrected chi connectivity index (χ3v) is 4.53. The summed E-state index contributed by atoms with van der Waals surface area (Å²) in [5, 5.41) is 9.03. The third-order valence-electron chi connectivity index (χ3n) is 2.79. The highest BCUT2D eigenvalue weighted by atomic mass is 35.5. The van der Waals surface area contributed by atoms with Crippen molar-refractivity contribution in [2.24, 2.45) is 0 Å². The van der Waals surface area contributed by atoms with Gasteiger partial charge in [0.15, 0.2) is 0 Å². The van der Waals surface area contributed by atoms with Crippen LogP contribution in [0.25, 0.3) is 0 Å². The summed E-state index contributed by atoms with van der Waals surface area (Å²) < 4.78 is 45.5. The second-order valence-corrected chi connectivity index (χ2v) is 6.34. The molecule has 2 N–H and O–H groups in total. The zero-order valence-corrected chi connectivity index (χ0v) is 11.5. The third kappa shape index (κ3) is 3.24. The molecule has 1 unspecified atom stereocenters. The number of nitrogens with one attached hydrogen (secondary N) is 1. The Balaban J connectivity index is 2.36. The summed E-state index contributed by atoms with van der Waals surface area (Å²) in [5.74, 6) is -0.988. The number of rotatable bonds is 4. The standard InChI is InChI=1S/C11H13ClFNO4S/c12-8-3-7(5-15)11(13)10(4-8)19(16,17)14-9-1-2-18-6-9/h3-4,9,14-15H,1-2,5-6H2. The molecule has 1 aliphatic heterocycles. The smallest absolute Gasteiger partial charge is 0.243 e. The number of hydrogen-bond acceptors (Lipinski definition) is 4. The number of hydrogen-bond donors (Lipinski definition) is 2. The van der Waals surface area contributed by atoms with Crippen molar-refractivity contribution in [1.29, 1.82) is 0 Å².